The number of rotatable bonds is 2. The lowest BCUT2D eigenvalue weighted by Crippen LogP contribution is -1.74. The molecular weight excluding hydrogens is 136 g/mol. The topological polar surface area (TPSA) is 28.7 Å². The zero-order valence-electron chi connectivity index (χ0n) is 7.72. The fourth-order valence-corrected chi connectivity index (χ4v) is 0.703. The van der Waals surface area contributed by atoms with E-state index in [1.807, 2.05) is 12.4 Å². The smallest absolute Gasteiger partial charge is 0.0519 e. The summed E-state index contributed by atoms with van der Waals surface area (Å²) in [7, 11) is 0. The molecule has 0 spiro atoms. The number of nitrogens with zero attached hydrogens (tertiary/aromatic N) is 1. The summed E-state index contributed by atoms with van der Waals surface area (Å²) < 4.78 is 0. The maximum absolute atomic E-state index is 3.82. The fraction of sp³-hybridized carbons (Fsp3) is 0.667. The molecule has 0 aliphatic rings. The minimum atomic E-state index is 1.14. The molecule has 1 aromatic rings. The standard InChI is InChI=1S/C6H10N2.C3H8/c1-2-3-6-4-7-8-5-6;1-3-2/h4-5H,2-3H2,1H3,(H,7,8);3H2,1-2H3. The molecule has 0 unspecified atom stereocenters. The summed E-state index contributed by atoms with van der Waals surface area (Å²) in [6, 6.07) is 0. The third kappa shape index (κ3) is 5.64. The van der Waals surface area contributed by atoms with Gasteiger partial charge in [0.15, 0.2) is 0 Å². The number of aryl methyl sites for hydroxylation is 1. The maximum atomic E-state index is 3.82. The van der Waals surface area contributed by atoms with Crippen LogP contribution in [0.2, 0.25) is 0 Å². The van der Waals surface area contributed by atoms with Gasteiger partial charge in [-0.05, 0) is 12.0 Å². The predicted molar refractivity (Wildman–Crippen MR) is 48.5 cm³/mol. The van der Waals surface area contributed by atoms with E-state index in [0.717, 1.165) is 6.42 Å². The summed E-state index contributed by atoms with van der Waals surface area (Å²) in [5.74, 6) is 0. The molecule has 1 aromatic heterocycles. The van der Waals surface area contributed by atoms with Crippen LogP contribution in [0, 0.1) is 0 Å². The van der Waals surface area contributed by atoms with E-state index in [-0.39, 0.29) is 0 Å². The molecule has 2 nitrogen and oxygen atoms in total. The predicted octanol–water partition coefficient (Wildman–Crippen LogP) is 2.78. The highest BCUT2D eigenvalue weighted by atomic mass is 15.1. The molecule has 2 heteroatoms. The number of aromatic nitrogens is 2. The van der Waals surface area contributed by atoms with Crippen LogP contribution in [0.25, 0.3) is 0 Å². The second kappa shape index (κ2) is 7.32. The summed E-state index contributed by atoms with van der Waals surface area (Å²) in [6.45, 7) is 6.41. The maximum Gasteiger partial charge on any atom is 0.0519 e. The minimum Gasteiger partial charge on any atom is -0.285 e. The molecule has 1 N–H and O–H groups in total. The van der Waals surface area contributed by atoms with Crippen molar-refractivity contribution in [3.63, 3.8) is 0 Å². The van der Waals surface area contributed by atoms with Gasteiger partial charge in [0.2, 0.25) is 0 Å². The van der Waals surface area contributed by atoms with Crippen LogP contribution in [0.5, 0.6) is 0 Å². The molecule has 0 atom stereocenters. The third-order valence-electron chi connectivity index (χ3n) is 1.09. The van der Waals surface area contributed by atoms with Crippen LogP contribution in [0.15, 0.2) is 12.4 Å². The van der Waals surface area contributed by atoms with Crippen molar-refractivity contribution in [2.75, 3.05) is 0 Å². The Hall–Kier alpha value is -0.790. The number of hydrogen-bond acceptors (Lipinski definition) is 1. The molecule has 0 radical (unpaired) electrons. The first-order valence-electron chi connectivity index (χ1n) is 4.32. The normalized spacial score (nSPS) is 8.64. The summed E-state index contributed by atoms with van der Waals surface area (Å²) in [6.07, 6.45) is 7.38. The number of hydrogen-bond donors (Lipinski definition) is 1. The fourth-order valence-electron chi connectivity index (χ4n) is 0.703. The Balaban J connectivity index is 0.000000292. The molecule has 0 saturated heterocycles. The molecule has 0 amide bonds. The first-order valence-corrected chi connectivity index (χ1v) is 4.32. The van der Waals surface area contributed by atoms with E-state index in [9.17, 15) is 0 Å². The van der Waals surface area contributed by atoms with Crippen molar-refractivity contribution in [1.82, 2.24) is 10.2 Å². The van der Waals surface area contributed by atoms with Crippen LogP contribution in [-0.2, 0) is 6.42 Å². The van der Waals surface area contributed by atoms with Gasteiger partial charge in [0.1, 0.15) is 0 Å². The molecule has 0 saturated carbocycles. The van der Waals surface area contributed by atoms with Crippen LogP contribution < -0.4 is 0 Å². The van der Waals surface area contributed by atoms with Crippen molar-refractivity contribution in [2.24, 2.45) is 0 Å². The highest BCUT2D eigenvalue weighted by molar-refractivity contribution is 5.01. The SMILES string of the molecule is CCC.CCCc1cn[nH]c1. The van der Waals surface area contributed by atoms with Crippen LogP contribution in [0.4, 0.5) is 0 Å². The molecule has 1 heterocycles. The van der Waals surface area contributed by atoms with Gasteiger partial charge in [-0.15, -0.1) is 0 Å². The summed E-state index contributed by atoms with van der Waals surface area (Å²) in [5.41, 5.74) is 1.30. The Labute approximate surface area is 69.0 Å². The molecular formula is C9H18N2. The van der Waals surface area contributed by atoms with E-state index in [0.29, 0.717) is 0 Å². The average Bonchev–Trinajstić information content (AvgIpc) is 2.42. The van der Waals surface area contributed by atoms with Gasteiger partial charge in [0.25, 0.3) is 0 Å². The monoisotopic (exact) mass is 154 g/mol. The molecule has 0 bridgehead atoms. The number of aromatic amines is 1. The van der Waals surface area contributed by atoms with Gasteiger partial charge in [-0.25, -0.2) is 0 Å². The first-order chi connectivity index (χ1) is 5.35. The zero-order valence-corrected chi connectivity index (χ0v) is 7.72. The van der Waals surface area contributed by atoms with Crippen molar-refractivity contribution in [2.45, 2.75) is 40.0 Å². The van der Waals surface area contributed by atoms with E-state index in [2.05, 4.69) is 31.0 Å². The molecule has 0 aliphatic heterocycles. The second-order valence-electron chi connectivity index (χ2n) is 2.56. The van der Waals surface area contributed by atoms with Crippen LogP contribution in [0.3, 0.4) is 0 Å². The van der Waals surface area contributed by atoms with Crippen LogP contribution in [0.1, 0.15) is 39.2 Å². The lowest BCUT2D eigenvalue weighted by molar-refractivity contribution is 0.923. The minimum absolute atomic E-state index is 1.14. The Bertz CT molecular complexity index is 145. The lowest BCUT2D eigenvalue weighted by Gasteiger charge is -1.84. The van der Waals surface area contributed by atoms with Gasteiger partial charge in [0, 0.05) is 6.20 Å². The second-order valence-corrected chi connectivity index (χ2v) is 2.56. The van der Waals surface area contributed by atoms with Gasteiger partial charge < -0.3 is 0 Å². The largest absolute Gasteiger partial charge is 0.285 e. The van der Waals surface area contributed by atoms with E-state index in [1.165, 1.54) is 18.4 Å². The van der Waals surface area contributed by atoms with Crippen molar-refractivity contribution in [3.05, 3.63) is 18.0 Å². The van der Waals surface area contributed by atoms with Crippen LogP contribution >= 0.6 is 0 Å². The van der Waals surface area contributed by atoms with Gasteiger partial charge in [-0.1, -0.05) is 33.6 Å². The zero-order chi connectivity index (χ0) is 8.53. The highest BCUT2D eigenvalue weighted by Crippen LogP contribution is 1.96. The average molecular weight is 154 g/mol. The van der Waals surface area contributed by atoms with Crippen LogP contribution in [-0.4, -0.2) is 10.2 Å². The Kier molecular flexibility index (Phi) is 6.79. The highest BCUT2D eigenvalue weighted by Gasteiger charge is 1.87. The van der Waals surface area contributed by atoms with Crippen molar-refractivity contribution >= 4 is 0 Å². The molecule has 64 valence electrons. The Morgan fingerprint density at radius 2 is 2.00 bits per heavy atom. The first kappa shape index (κ1) is 10.2. The Morgan fingerprint density at radius 3 is 2.36 bits per heavy atom. The van der Waals surface area contributed by atoms with E-state index >= 15 is 0 Å². The molecule has 0 aromatic carbocycles. The summed E-state index contributed by atoms with van der Waals surface area (Å²) in [4.78, 5) is 0. The quantitative estimate of drug-likeness (QED) is 0.697. The Morgan fingerprint density at radius 1 is 1.36 bits per heavy atom. The van der Waals surface area contributed by atoms with Crippen molar-refractivity contribution in [3.8, 4) is 0 Å². The van der Waals surface area contributed by atoms with Gasteiger partial charge >= 0.3 is 0 Å². The molecule has 11 heavy (non-hydrogen) atoms. The summed E-state index contributed by atoms with van der Waals surface area (Å²) >= 11 is 0. The van der Waals surface area contributed by atoms with Crippen molar-refractivity contribution in [1.29, 1.82) is 0 Å². The lowest BCUT2D eigenvalue weighted by atomic mass is 10.2. The van der Waals surface area contributed by atoms with E-state index < -0.39 is 0 Å². The summed E-state index contributed by atoms with van der Waals surface area (Å²) in [5, 5.41) is 6.58. The van der Waals surface area contributed by atoms with E-state index in [4.69, 9.17) is 0 Å². The molecule has 1 rings (SSSR count). The third-order valence-corrected chi connectivity index (χ3v) is 1.09. The van der Waals surface area contributed by atoms with Gasteiger partial charge in [-0.3, -0.25) is 5.10 Å². The van der Waals surface area contributed by atoms with Gasteiger partial charge in [-0.2, -0.15) is 5.10 Å². The molecule has 0 fully saturated rings. The number of nitrogens with one attached hydrogen (secondary N) is 1. The van der Waals surface area contributed by atoms with Gasteiger partial charge in [0.05, 0.1) is 6.20 Å². The van der Waals surface area contributed by atoms with Crippen molar-refractivity contribution < 1.29 is 0 Å². The molecule has 0 aliphatic carbocycles. The van der Waals surface area contributed by atoms with E-state index in [1.54, 1.807) is 0 Å². The number of H-pyrrole nitrogens is 1.